The maximum absolute atomic E-state index is 12.9. The zero-order valence-corrected chi connectivity index (χ0v) is 16.7. The van der Waals surface area contributed by atoms with Crippen LogP contribution in [0.2, 0.25) is 0 Å². The van der Waals surface area contributed by atoms with Crippen molar-refractivity contribution in [3.8, 4) is 11.5 Å². The molecule has 1 aliphatic heterocycles. The molecular formula is C19H24BrN3O3. The lowest BCUT2D eigenvalue weighted by atomic mass is 10.0. The third-order valence-electron chi connectivity index (χ3n) is 4.63. The molecule has 0 N–H and O–H groups in total. The quantitative estimate of drug-likeness (QED) is 0.708. The number of likely N-dealkylation sites (tertiary alicyclic amines) is 1. The molecule has 1 aromatic carbocycles. The summed E-state index contributed by atoms with van der Waals surface area (Å²) in [7, 11) is 1.59. The molecule has 0 spiro atoms. The van der Waals surface area contributed by atoms with E-state index in [-0.39, 0.29) is 5.91 Å². The Morgan fingerprint density at radius 1 is 1.35 bits per heavy atom. The number of halogens is 1. The minimum atomic E-state index is 0.0233. The third kappa shape index (κ3) is 4.03. The van der Waals surface area contributed by atoms with Gasteiger partial charge in [0.15, 0.2) is 11.5 Å². The van der Waals surface area contributed by atoms with Gasteiger partial charge in [0, 0.05) is 37.1 Å². The van der Waals surface area contributed by atoms with E-state index < -0.39 is 0 Å². The van der Waals surface area contributed by atoms with Gasteiger partial charge in [-0.2, -0.15) is 0 Å². The number of nitrogens with zero attached hydrogens (tertiary/aromatic N) is 3. The molecule has 0 unspecified atom stereocenters. The average molecular weight is 422 g/mol. The van der Waals surface area contributed by atoms with Crippen molar-refractivity contribution in [2.75, 3.05) is 26.8 Å². The molecule has 2 aromatic rings. The monoisotopic (exact) mass is 421 g/mol. The number of carbonyl (C=O) groups excluding carboxylic acids is 1. The maximum Gasteiger partial charge on any atom is 0.254 e. The number of hydrogen-bond donors (Lipinski definition) is 0. The van der Waals surface area contributed by atoms with Crippen LogP contribution in [0.4, 0.5) is 0 Å². The predicted molar refractivity (Wildman–Crippen MR) is 103 cm³/mol. The summed E-state index contributed by atoms with van der Waals surface area (Å²) in [6.07, 6.45) is 8.39. The van der Waals surface area contributed by atoms with Crippen LogP contribution in [0.1, 0.15) is 42.6 Å². The second-order valence-corrected chi connectivity index (χ2v) is 7.23. The fourth-order valence-corrected chi connectivity index (χ4v) is 3.78. The number of benzene rings is 1. The summed E-state index contributed by atoms with van der Waals surface area (Å²) in [5.41, 5.74) is 0.610. The highest BCUT2D eigenvalue weighted by Gasteiger charge is 2.25. The summed E-state index contributed by atoms with van der Waals surface area (Å²) in [6.45, 7) is 4.11. The van der Waals surface area contributed by atoms with Crippen molar-refractivity contribution in [1.82, 2.24) is 14.5 Å². The zero-order chi connectivity index (χ0) is 18.5. The van der Waals surface area contributed by atoms with E-state index in [1.165, 1.54) is 0 Å². The number of carbonyl (C=O) groups is 1. The van der Waals surface area contributed by atoms with E-state index in [1.54, 1.807) is 19.4 Å². The first kappa shape index (κ1) is 18.8. The lowest BCUT2D eigenvalue weighted by Crippen LogP contribution is -2.38. The van der Waals surface area contributed by atoms with Crippen LogP contribution in [0.3, 0.4) is 0 Å². The van der Waals surface area contributed by atoms with Gasteiger partial charge in [-0.15, -0.1) is 0 Å². The molecule has 0 bridgehead atoms. The van der Waals surface area contributed by atoms with Gasteiger partial charge in [-0.05, 0) is 47.3 Å². The number of imidazole rings is 1. The molecule has 0 radical (unpaired) electrons. The highest BCUT2D eigenvalue weighted by molar-refractivity contribution is 9.10. The van der Waals surface area contributed by atoms with Gasteiger partial charge in [-0.3, -0.25) is 4.79 Å². The lowest BCUT2D eigenvalue weighted by Gasteiger charge is -2.32. The molecule has 1 aliphatic rings. The summed E-state index contributed by atoms with van der Waals surface area (Å²) >= 11 is 3.51. The van der Waals surface area contributed by atoms with Crippen molar-refractivity contribution in [3.05, 3.63) is 40.9 Å². The SMILES string of the molecule is CCCOc1c(Br)cc(C(=O)N2CCC(n3ccnc3)CC2)cc1OC. The van der Waals surface area contributed by atoms with Gasteiger partial charge in [0.25, 0.3) is 5.91 Å². The van der Waals surface area contributed by atoms with E-state index in [1.807, 2.05) is 30.4 Å². The van der Waals surface area contributed by atoms with Crippen LogP contribution >= 0.6 is 15.9 Å². The second-order valence-electron chi connectivity index (χ2n) is 6.37. The van der Waals surface area contributed by atoms with E-state index in [2.05, 4.69) is 25.5 Å². The standard InChI is InChI=1S/C19H24BrN3O3/c1-3-10-26-18-16(20)11-14(12-17(18)25-2)19(24)22-7-4-15(5-8-22)23-9-6-21-13-23/h6,9,11-13,15H,3-5,7-8,10H2,1-2H3. The average Bonchev–Trinajstić information content (AvgIpc) is 3.21. The fraction of sp³-hybridized carbons (Fsp3) is 0.474. The summed E-state index contributed by atoms with van der Waals surface area (Å²) < 4.78 is 14.0. The van der Waals surface area contributed by atoms with E-state index in [4.69, 9.17) is 9.47 Å². The van der Waals surface area contributed by atoms with Crippen molar-refractivity contribution in [2.45, 2.75) is 32.2 Å². The van der Waals surface area contributed by atoms with Crippen LogP contribution in [0.5, 0.6) is 11.5 Å². The minimum absolute atomic E-state index is 0.0233. The number of ether oxygens (including phenoxy) is 2. The molecule has 0 saturated carbocycles. The van der Waals surface area contributed by atoms with Crippen LogP contribution in [0.15, 0.2) is 35.3 Å². The summed E-state index contributed by atoms with van der Waals surface area (Å²) in [5, 5.41) is 0. The third-order valence-corrected chi connectivity index (χ3v) is 5.21. The van der Waals surface area contributed by atoms with Gasteiger partial charge in [0.2, 0.25) is 0 Å². The van der Waals surface area contributed by atoms with E-state index >= 15 is 0 Å². The van der Waals surface area contributed by atoms with Crippen molar-refractivity contribution in [1.29, 1.82) is 0 Å². The van der Waals surface area contributed by atoms with Crippen molar-refractivity contribution in [3.63, 3.8) is 0 Å². The first-order valence-electron chi connectivity index (χ1n) is 8.91. The van der Waals surface area contributed by atoms with Crippen LogP contribution in [-0.2, 0) is 0 Å². The van der Waals surface area contributed by atoms with E-state index in [0.29, 0.717) is 29.7 Å². The highest BCUT2D eigenvalue weighted by Crippen LogP contribution is 2.37. The number of aromatic nitrogens is 2. The normalized spacial score (nSPS) is 15.1. The number of methoxy groups -OCH3 is 1. The molecule has 1 amide bonds. The summed E-state index contributed by atoms with van der Waals surface area (Å²) in [4.78, 5) is 18.9. The Kier molecular flexibility index (Phi) is 6.19. The number of piperidine rings is 1. The van der Waals surface area contributed by atoms with Crippen molar-refractivity contribution in [2.24, 2.45) is 0 Å². The molecule has 6 nitrogen and oxygen atoms in total. The van der Waals surface area contributed by atoms with Crippen molar-refractivity contribution >= 4 is 21.8 Å². The molecular weight excluding hydrogens is 398 g/mol. The number of rotatable bonds is 6. The molecule has 3 rings (SSSR count). The van der Waals surface area contributed by atoms with Crippen molar-refractivity contribution < 1.29 is 14.3 Å². The molecule has 7 heteroatoms. The molecule has 26 heavy (non-hydrogen) atoms. The molecule has 1 saturated heterocycles. The van der Waals surface area contributed by atoms with Gasteiger partial charge in [0.1, 0.15) is 0 Å². The summed E-state index contributed by atoms with van der Waals surface area (Å²) in [6, 6.07) is 3.99. The fourth-order valence-electron chi connectivity index (χ4n) is 3.22. The Morgan fingerprint density at radius 3 is 2.73 bits per heavy atom. The van der Waals surface area contributed by atoms with Crippen LogP contribution in [0, 0.1) is 0 Å². The van der Waals surface area contributed by atoms with Gasteiger partial charge >= 0.3 is 0 Å². The number of hydrogen-bond acceptors (Lipinski definition) is 4. The highest BCUT2D eigenvalue weighted by atomic mass is 79.9. The second kappa shape index (κ2) is 8.58. The first-order chi connectivity index (χ1) is 12.6. The Bertz CT molecular complexity index is 741. The molecule has 1 aromatic heterocycles. The van der Waals surface area contributed by atoms with E-state index in [9.17, 15) is 4.79 Å². The molecule has 140 valence electrons. The Balaban J connectivity index is 1.71. The minimum Gasteiger partial charge on any atom is -0.493 e. The van der Waals surface area contributed by atoms with Crippen LogP contribution < -0.4 is 9.47 Å². The molecule has 0 atom stereocenters. The van der Waals surface area contributed by atoms with Gasteiger partial charge in [0.05, 0.1) is 24.5 Å². The summed E-state index contributed by atoms with van der Waals surface area (Å²) in [5.74, 6) is 1.24. The Labute approximate surface area is 162 Å². The zero-order valence-electron chi connectivity index (χ0n) is 15.2. The topological polar surface area (TPSA) is 56.6 Å². The maximum atomic E-state index is 12.9. The number of amides is 1. The van der Waals surface area contributed by atoms with Gasteiger partial charge in [-0.1, -0.05) is 6.92 Å². The van der Waals surface area contributed by atoms with Gasteiger partial charge in [-0.25, -0.2) is 4.98 Å². The Morgan fingerprint density at radius 2 is 2.12 bits per heavy atom. The van der Waals surface area contributed by atoms with Crippen LogP contribution in [0.25, 0.3) is 0 Å². The largest absolute Gasteiger partial charge is 0.493 e. The predicted octanol–water partition coefficient (Wildman–Crippen LogP) is 3.92. The van der Waals surface area contributed by atoms with Crippen LogP contribution in [-0.4, -0.2) is 47.2 Å². The molecule has 0 aliphatic carbocycles. The molecule has 2 heterocycles. The first-order valence-corrected chi connectivity index (χ1v) is 9.70. The molecule has 1 fully saturated rings. The smallest absolute Gasteiger partial charge is 0.254 e. The van der Waals surface area contributed by atoms with Gasteiger partial charge < -0.3 is 18.9 Å². The Hall–Kier alpha value is -2.02. The lowest BCUT2D eigenvalue weighted by molar-refractivity contribution is 0.0694. The van der Waals surface area contributed by atoms with E-state index in [0.717, 1.165) is 36.8 Å².